The lowest BCUT2D eigenvalue weighted by Gasteiger charge is -2.31. The fourth-order valence-electron chi connectivity index (χ4n) is 3.62. The van der Waals surface area contributed by atoms with E-state index in [9.17, 15) is 9.90 Å². The number of aryl methyl sites for hydroxylation is 1. The summed E-state index contributed by atoms with van der Waals surface area (Å²) < 4.78 is 5.32. The Balaban J connectivity index is 1.79. The summed E-state index contributed by atoms with van der Waals surface area (Å²) in [6.07, 6.45) is 4.14. The quantitative estimate of drug-likeness (QED) is 0.881. The molecule has 2 unspecified atom stereocenters. The lowest BCUT2D eigenvalue weighted by atomic mass is 9.86. The van der Waals surface area contributed by atoms with Gasteiger partial charge in [0.25, 0.3) is 0 Å². The van der Waals surface area contributed by atoms with Gasteiger partial charge in [0.2, 0.25) is 0 Å². The maximum absolute atomic E-state index is 11.8. The van der Waals surface area contributed by atoms with Crippen molar-refractivity contribution >= 4 is 11.0 Å². The van der Waals surface area contributed by atoms with Crippen LogP contribution in [0.15, 0.2) is 33.5 Å². The normalized spacial score (nSPS) is 21.9. The minimum Gasteiger partial charge on any atom is -0.423 e. The Kier molecular flexibility index (Phi) is 4.83. The van der Waals surface area contributed by atoms with Crippen LogP contribution in [0.5, 0.6) is 0 Å². The summed E-state index contributed by atoms with van der Waals surface area (Å²) in [5.41, 5.74) is 2.42. The smallest absolute Gasteiger partial charge is 0.336 e. The fraction of sp³-hybridized carbons (Fsp3) is 0.526. The number of hydrogen-bond donors (Lipinski definition) is 1. The van der Waals surface area contributed by atoms with E-state index in [1.165, 1.54) is 6.42 Å². The highest BCUT2D eigenvalue weighted by Crippen LogP contribution is 2.26. The van der Waals surface area contributed by atoms with E-state index in [2.05, 4.69) is 11.9 Å². The first-order chi connectivity index (χ1) is 11.0. The van der Waals surface area contributed by atoms with Crippen LogP contribution in [-0.4, -0.2) is 29.7 Å². The predicted octanol–water partition coefficient (Wildman–Crippen LogP) is 3.08. The van der Waals surface area contributed by atoms with Gasteiger partial charge in [-0.05, 0) is 49.9 Å². The molecule has 2 atom stereocenters. The number of nitrogens with zero attached hydrogens (tertiary/aromatic N) is 1. The monoisotopic (exact) mass is 315 g/mol. The minimum absolute atomic E-state index is 0.188. The second kappa shape index (κ2) is 6.85. The van der Waals surface area contributed by atoms with E-state index in [1.807, 2.05) is 25.1 Å². The Hall–Kier alpha value is -1.65. The maximum Gasteiger partial charge on any atom is 0.336 e. The van der Waals surface area contributed by atoms with E-state index in [1.54, 1.807) is 6.07 Å². The van der Waals surface area contributed by atoms with Crippen molar-refractivity contribution in [3.8, 4) is 0 Å². The standard InChI is InChI=1S/C19H25NO3/c1-13-7-8-16-15(10-19(22)23-18(16)9-13)12-20(2)11-14-5-3-4-6-17(14)21/h7-10,14,17,21H,3-6,11-12H2,1-2H3. The Morgan fingerprint density at radius 3 is 2.83 bits per heavy atom. The molecule has 0 saturated heterocycles. The number of hydrogen-bond acceptors (Lipinski definition) is 4. The summed E-state index contributed by atoms with van der Waals surface area (Å²) in [4.78, 5) is 14.0. The van der Waals surface area contributed by atoms with Crippen molar-refractivity contribution in [1.82, 2.24) is 4.90 Å². The Bertz CT molecular complexity index is 737. The topological polar surface area (TPSA) is 53.7 Å². The maximum atomic E-state index is 11.8. The van der Waals surface area contributed by atoms with Gasteiger partial charge >= 0.3 is 5.63 Å². The van der Waals surface area contributed by atoms with Gasteiger partial charge in [-0.15, -0.1) is 0 Å². The van der Waals surface area contributed by atoms with Crippen LogP contribution in [-0.2, 0) is 6.54 Å². The molecule has 4 nitrogen and oxygen atoms in total. The number of aliphatic hydroxyl groups is 1. The van der Waals surface area contributed by atoms with E-state index in [-0.39, 0.29) is 11.7 Å². The highest BCUT2D eigenvalue weighted by atomic mass is 16.4. The summed E-state index contributed by atoms with van der Waals surface area (Å²) >= 11 is 0. The lowest BCUT2D eigenvalue weighted by molar-refractivity contribution is 0.0502. The van der Waals surface area contributed by atoms with Gasteiger partial charge in [0.1, 0.15) is 5.58 Å². The Morgan fingerprint density at radius 2 is 2.04 bits per heavy atom. The molecule has 4 heteroatoms. The van der Waals surface area contributed by atoms with Gasteiger partial charge in [0.05, 0.1) is 6.10 Å². The van der Waals surface area contributed by atoms with Crippen molar-refractivity contribution in [2.24, 2.45) is 5.92 Å². The van der Waals surface area contributed by atoms with Crippen LogP contribution in [0.1, 0.15) is 36.8 Å². The van der Waals surface area contributed by atoms with Gasteiger partial charge < -0.3 is 14.4 Å². The molecule has 0 bridgehead atoms. The molecule has 23 heavy (non-hydrogen) atoms. The van der Waals surface area contributed by atoms with Crippen molar-refractivity contribution in [2.75, 3.05) is 13.6 Å². The molecule has 1 heterocycles. The van der Waals surface area contributed by atoms with Crippen molar-refractivity contribution in [3.05, 3.63) is 45.8 Å². The lowest BCUT2D eigenvalue weighted by Crippen LogP contribution is -2.34. The zero-order chi connectivity index (χ0) is 16.4. The first kappa shape index (κ1) is 16.2. The molecule has 0 aliphatic heterocycles. The second-order valence-electron chi connectivity index (χ2n) is 6.90. The molecule has 0 spiro atoms. The van der Waals surface area contributed by atoms with Gasteiger partial charge in [-0.2, -0.15) is 0 Å². The first-order valence-corrected chi connectivity index (χ1v) is 8.43. The summed E-state index contributed by atoms with van der Waals surface area (Å²) in [7, 11) is 2.05. The zero-order valence-electron chi connectivity index (χ0n) is 13.9. The van der Waals surface area contributed by atoms with Crippen LogP contribution in [0, 0.1) is 12.8 Å². The Labute approximate surface area is 136 Å². The van der Waals surface area contributed by atoms with Gasteiger partial charge in [0, 0.05) is 24.5 Å². The van der Waals surface area contributed by atoms with Crippen LogP contribution in [0.3, 0.4) is 0 Å². The van der Waals surface area contributed by atoms with Crippen molar-refractivity contribution in [1.29, 1.82) is 0 Å². The molecule has 124 valence electrons. The van der Waals surface area contributed by atoms with Gasteiger partial charge in [-0.1, -0.05) is 25.0 Å². The minimum atomic E-state index is -0.302. The second-order valence-corrected chi connectivity index (χ2v) is 6.90. The first-order valence-electron chi connectivity index (χ1n) is 8.43. The summed E-state index contributed by atoms with van der Waals surface area (Å²) in [6.45, 7) is 3.53. The summed E-state index contributed by atoms with van der Waals surface area (Å²) in [5, 5.41) is 11.1. The van der Waals surface area contributed by atoms with Crippen LogP contribution in [0.4, 0.5) is 0 Å². The molecule has 1 N–H and O–H groups in total. The number of aliphatic hydroxyl groups excluding tert-OH is 1. The highest BCUT2D eigenvalue weighted by Gasteiger charge is 2.24. The third-order valence-corrected chi connectivity index (χ3v) is 4.84. The molecular weight excluding hydrogens is 290 g/mol. The molecule has 1 aromatic heterocycles. The third kappa shape index (κ3) is 3.82. The number of fused-ring (bicyclic) bond motifs is 1. The highest BCUT2D eigenvalue weighted by molar-refractivity contribution is 5.80. The van der Waals surface area contributed by atoms with Crippen molar-refractivity contribution in [3.63, 3.8) is 0 Å². The van der Waals surface area contributed by atoms with Crippen LogP contribution >= 0.6 is 0 Å². The summed E-state index contributed by atoms with van der Waals surface area (Å²) in [5.74, 6) is 0.336. The van der Waals surface area contributed by atoms with Crippen molar-refractivity contribution in [2.45, 2.75) is 45.3 Å². The molecule has 0 radical (unpaired) electrons. The van der Waals surface area contributed by atoms with E-state index < -0.39 is 0 Å². The van der Waals surface area contributed by atoms with E-state index >= 15 is 0 Å². The van der Waals surface area contributed by atoms with Crippen LogP contribution in [0.25, 0.3) is 11.0 Å². The Morgan fingerprint density at radius 1 is 1.26 bits per heavy atom. The molecule has 0 amide bonds. The SMILES string of the molecule is Cc1ccc2c(CN(C)CC3CCCCC3O)cc(=O)oc2c1. The van der Waals surface area contributed by atoms with Crippen molar-refractivity contribution < 1.29 is 9.52 Å². The zero-order valence-corrected chi connectivity index (χ0v) is 13.9. The van der Waals surface area contributed by atoms with Gasteiger partial charge in [-0.25, -0.2) is 4.79 Å². The number of benzene rings is 1. The van der Waals surface area contributed by atoms with E-state index in [4.69, 9.17) is 4.42 Å². The molecule has 2 aromatic rings. The third-order valence-electron chi connectivity index (χ3n) is 4.84. The fourth-order valence-corrected chi connectivity index (χ4v) is 3.62. The van der Waals surface area contributed by atoms with Gasteiger partial charge in [0.15, 0.2) is 0 Å². The molecule has 3 rings (SSSR count). The molecule has 1 saturated carbocycles. The molecule has 1 aromatic carbocycles. The largest absolute Gasteiger partial charge is 0.423 e. The van der Waals surface area contributed by atoms with Gasteiger partial charge in [-0.3, -0.25) is 0 Å². The van der Waals surface area contributed by atoms with E-state index in [0.717, 1.165) is 42.3 Å². The average Bonchev–Trinajstić information content (AvgIpc) is 2.49. The predicted molar refractivity (Wildman–Crippen MR) is 91.5 cm³/mol. The number of rotatable bonds is 4. The molecule has 1 aliphatic rings. The molecular formula is C19H25NO3. The average molecular weight is 315 g/mol. The molecule has 1 fully saturated rings. The van der Waals surface area contributed by atoms with Crippen LogP contribution in [0.2, 0.25) is 0 Å². The van der Waals surface area contributed by atoms with Crippen LogP contribution < -0.4 is 5.63 Å². The molecule has 1 aliphatic carbocycles. The summed E-state index contributed by atoms with van der Waals surface area (Å²) in [6, 6.07) is 7.56. The van der Waals surface area contributed by atoms with E-state index in [0.29, 0.717) is 18.0 Å².